The smallest absolute Gasteiger partial charge is 0.382 e. The second-order valence-corrected chi connectivity index (χ2v) is 9.15. The van der Waals surface area contributed by atoms with E-state index in [1.807, 2.05) is 12.1 Å². The van der Waals surface area contributed by atoms with Gasteiger partial charge in [-0.3, -0.25) is 0 Å². The molecule has 2 aliphatic carbocycles. The fourth-order valence-electron chi connectivity index (χ4n) is 5.34. The van der Waals surface area contributed by atoms with Gasteiger partial charge in [0.1, 0.15) is 0 Å². The Morgan fingerprint density at radius 1 is 0.966 bits per heavy atom. The second kappa shape index (κ2) is 10.2. The molecule has 0 aromatic heterocycles. The Hall–Kier alpha value is -1.23. The zero-order valence-electron chi connectivity index (χ0n) is 18.0. The molecule has 3 unspecified atom stereocenters. The van der Waals surface area contributed by atoms with Crippen LogP contribution in [-0.4, -0.2) is 36.8 Å². The molecule has 164 valence electrons. The largest absolute Gasteiger partial charge is 0.395 e. The van der Waals surface area contributed by atoms with Crippen LogP contribution in [-0.2, 0) is 0 Å². The van der Waals surface area contributed by atoms with Crippen molar-refractivity contribution in [3.05, 3.63) is 29.8 Å². The minimum absolute atomic E-state index is 0.0779. The predicted octanol–water partition coefficient (Wildman–Crippen LogP) is 6.98. The number of alkyl halides is 3. The molecule has 2 nitrogen and oxygen atoms in total. The Labute approximate surface area is 174 Å². The van der Waals surface area contributed by atoms with Gasteiger partial charge >= 0.3 is 6.18 Å². The Balaban J connectivity index is 1.61. The van der Waals surface area contributed by atoms with Gasteiger partial charge in [0.05, 0.1) is 5.92 Å². The van der Waals surface area contributed by atoms with E-state index in [1.165, 1.54) is 51.4 Å². The highest BCUT2D eigenvalue weighted by molar-refractivity contribution is 5.46. The monoisotopic (exact) mass is 410 g/mol. The van der Waals surface area contributed by atoms with E-state index in [1.54, 1.807) is 19.1 Å². The molecule has 5 heteroatoms. The lowest BCUT2D eigenvalue weighted by Crippen LogP contribution is -2.43. The van der Waals surface area contributed by atoms with E-state index in [-0.39, 0.29) is 6.42 Å². The van der Waals surface area contributed by atoms with Gasteiger partial charge in [0.15, 0.2) is 0 Å². The van der Waals surface area contributed by atoms with Gasteiger partial charge in [0.2, 0.25) is 0 Å². The molecule has 2 fully saturated rings. The third-order valence-corrected chi connectivity index (χ3v) is 7.10. The molecule has 3 atom stereocenters. The molecule has 0 radical (unpaired) electrons. The van der Waals surface area contributed by atoms with Gasteiger partial charge in [-0.2, -0.15) is 13.2 Å². The third-order valence-electron chi connectivity index (χ3n) is 7.10. The average molecular weight is 411 g/mol. The highest BCUT2D eigenvalue weighted by Crippen LogP contribution is 2.38. The van der Waals surface area contributed by atoms with Crippen molar-refractivity contribution in [3.63, 3.8) is 0 Å². The Morgan fingerprint density at radius 2 is 1.59 bits per heavy atom. The number of anilines is 1. The molecule has 0 saturated heterocycles. The van der Waals surface area contributed by atoms with Crippen LogP contribution in [0.1, 0.15) is 82.6 Å². The van der Waals surface area contributed by atoms with Crippen LogP contribution in [0.4, 0.5) is 18.9 Å². The minimum atomic E-state index is -4.18. The van der Waals surface area contributed by atoms with E-state index >= 15 is 0 Å². The van der Waals surface area contributed by atoms with E-state index in [2.05, 4.69) is 17.3 Å². The molecular weight excluding hydrogens is 373 g/mol. The SMILES string of the molecule is CCC(c1ccc(NC2CCCCC2CN(C)C2CCCCC2)cc1)C(F)(F)F. The van der Waals surface area contributed by atoms with Gasteiger partial charge in [-0.1, -0.05) is 51.2 Å². The summed E-state index contributed by atoms with van der Waals surface area (Å²) in [5.41, 5.74) is 1.31. The third kappa shape index (κ3) is 6.13. The molecular formula is C24H37F3N2. The van der Waals surface area contributed by atoms with Crippen molar-refractivity contribution in [2.75, 3.05) is 18.9 Å². The topological polar surface area (TPSA) is 15.3 Å². The van der Waals surface area contributed by atoms with Gasteiger partial charge in [-0.15, -0.1) is 0 Å². The van der Waals surface area contributed by atoms with Crippen LogP contribution in [0.3, 0.4) is 0 Å². The standard InChI is InChI=1S/C24H37F3N2/c1-3-22(24(25,26)27)18-13-15-20(16-14-18)28-23-12-8-7-9-19(23)17-29(2)21-10-5-4-6-11-21/h13-16,19,21-23,28H,3-12,17H2,1-2H3. The van der Waals surface area contributed by atoms with Crippen LogP contribution in [0.25, 0.3) is 0 Å². The highest BCUT2D eigenvalue weighted by atomic mass is 19.4. The second-order valence-electron chi connectivity index (χ2n) is 9.15. The number of hydrogen-bond acceptors (Lipinski definition) is 2. The molecule has 0 bridgehead atoms. The van der Waals surface area contributed by atoms with Crippen LogP contribution >= 0.6 is 0 Å². The molecule has 0 spiro atoms. The van der Waals surface area contributed by atoms with Gasteiger partial charge < -0.3 is 10.2 Å². The molecule has 0 aliphatic heterocycles. The normalized spacial score (nSPS) is 25.2. The highest BCUT2D eigenvalue weighted by Gasteiger charge is 2.39. The Kier molecular flexibility index (Phi) is 7.89. The first-order valence-corrected chi connectivity index (χ1v) is 11.5. The summed E-state index contributed by atoms with van der Waals surface area (Å²) in [4.78, 5) is 2.57. The predicted molar refractivity (Wildman–Crippen MR) is 114 cm³/mol. The van der Waals surface area contributed by atoms with E-state index in [0.717, 1.165) is 24.7 Å². The summed E-state index contributed by atoms with van der Waals surface area (Å²) in [5, 5.41) is 3.65. The van der Waals surface area contributed by atoms with E-state index in [4.69, 9.17) is 0 Å². The summed E-state index contributed by atoms with van der Waals surface area (Å²) in [7, 11) is 2.28. The van der Waals surface area contributed by atoms with Gasteiger partial charge in [0.25, 0.3) is 0 Å². The number of nitrogens with one attached hydrogen (secondary N) is 1. The summed E-state index contributed by atoms with van der Waals surface area (Å²) < 4.78 is 39.6. The van der Waals surface area contributed by atoms with Crippen LogP contribution < -0.4 is 5.32 Å². The van der Waals surface area contributed by atoms with E-state index < -0.39 is 12.1 Å². The van der Waals surface area contributed by atoms with Crippen LogP contribution in [0.2, 0.25) is 0 Å². The van der Waals surface area contributed by atoms with Crippen molar-refractivity contribution in [2.45, 2.75) is 95.3 Å². The van der Waals surface area contributed by atoms with Crippen LogP contribution in [0, 0.1) is 5.92 Å². The lowest BCUT2D eigenvalue weighted by molar-refractivity contribution is -0.151. The van der Waals surface area contributed by atoms with Crippen molar-refractivity contribution in [3.8, 4) is 0 Å². The summed E-state index contributed by atoms with van der Waals surface area (Å²) in [5.74, 6) is -0.767. The number of nitrogens with zero attached hydrogens (tertiary/aromatic N) is 1. The van der Waals surface area contributed by atoms with Crippen LogP contribution in [0.5, 0.6) is 0 Å². The molecule has 0 heterocycles. The molecule has 1 aromatic carbocycles. The number of hydrogen-bond donors (Lipinski definition) is 1. The summed E-state index contributed by atoms with van der Waals surface area (Å²) in [6, 6.07) is 8.09. The van der Waals surface area contributed by atoms with Crippen molar-refractivity contribution < 1.29 is 13.2 Å². The number of rotatable bonds is 7. The molecule has 1 aromatic rings. The number of halogens is 3. The fourth-order valence-corrected chi connectivity index (χ4v) is 5.34. The Bertz CT molecular complexity index is 608. The van der Waals surface area contributed by atoms with E-state index in [9.17, 15) is 13.2 Å². The van der Waals surface area contributed by atoms with Gasteiger partial charge in [-0.05, 0) is 62.8 Å². The summed E-state index contributed by atoms with van der Waals surface area (Å²) >= 11 is 0. The number of benzene rings is 1. The first-order chi connectivity index (χ1) is 13.9. The summed E-state index contributed by atoms with van der Waals surface area (Å²) in [6.07, 6.45) is 7.51. The lowest BCUT2D eigenvalue weighted by atomic mass is 9.83. The zero-order valence-corrected chi connectivity index (χ0v) is 18.0. The van der Waals surface area contributed by atoms with E-state index in [0.29, 0.717) is 17.5 Å². The van der Waals surface area contributed by atoms with Crippen molar-refractivity contribution in [1.29, 1.82) is 0 Å². The Morgan fingerprint density at radius 3 is 2.21 bits per heavy atom. The zero-order chi connectivity index (χ0) is 20.9. The summed E-state index contributed by atoms with van der Waals surface area (Å²) in [6.45, 7) is 2.71. The molecule has 29 heavy (non-hydrogen) atoms. The maximum atomic E-state index is 13.2. The first-order valence-electron chi connectivity index (χ1n) is 11.5. The quantitative estimate of drug-likeness (QED) is 0.522. The minimum Gasteiger partial charge on any atom is -0.382 e. The molecule has 1 N–H and O–H groups in total. The molecule has 2 aliphatic rings. The maximum Gasteiger partial charge on any atom is 0.395 e. The maximum absolute atomic E-state index is 13.2. The average Bonchev–Trinajstić information content (AvgIpc) is 2.71. The molecule has 3 rings (SSSR count). The van der Waals surface area contributed by atoms with Crippen molar-refractivity contribution in [1.82, 2.24) is 4.90 Å². The lowest BCUT2D eigenvalue weighted by Gasteiger charge is -2.39. The van der Waals surface area contributed by atoms with Gasteiger partial charge in [-0.25, -0.2) is 0 Å². The fraction of sp³-hybridized carbons (Fsp3) is 0.750. The molecule has 0 amide bonds. The van der Waals surface area contributed by atoms with Gasteiger partial charge in [0, 0.05) is 24.3 Å². The first kappa shape index (κ1) is 22.5. The van der Waals surface area contributed by atoms with Crippen molar-refractivity contribution >= 4 is 5.69 Å². The molecule has 2 saturated carbocycles. The van der Waals surface area contributed by atoms with Crippen LogP contribution in [0.15, 0.2) is 24.3 Å². The van der Waals surface area contributed by atoms with Crippen molar-refractivity contribution in [2.24, 2.45) is 5.92 Å².